The van der Waals surface area contributed by atoms with Crippen molar-refractivity contribution in [3.05, 3.63) is 51.3 Å². The van der Waals surface area contributed by atoms with Crippen molar-refractivity contribution in [2.75, 3.05) is 6.54 Å². The maximum atomic E-state index is 6.30. The first-order valence-electron chi connectivity index (χ1n) is 7.19. The lowest BCUT2D eigenvalue weighted by molar-refractivity contribution is 0.493. The van der Waals surface area contributed by atoms with E-state index in [1.54, 1.807) is 0 Å². The number of nitrogens with one attached hydrogen (secondary N) is 1. The van der Waals surface area contributed by atoms with Crippen LogP contribution in [0.25, 0.3) is 0 Å². The average Bonchev–Trinajstić information content (AvgIpc) is 2.77. The third-order valence-corrected chi connectivity index (χ3v) is 4.07. The van der Waals surface area contributed by atoms with Crippen molar-refractivity contribution in [3.63, 3.8) is 0 Å². The van der Waals surface area contributed by atoms with Gasteiger partial charge in [-0.3, -0.25) is 4.68 Å². The molecule has 0 aliphatic carbocycles. The summed E-state index contributed by atoms with van der Waals surface area (Å²) in [5, 5.41) is 9.48. The number of benzene rings is 1. The second-order valence-electron chi connectivity index (χ2n) is 5.28. The van der Waals surface area contributed by atoms with E-state index in [1.165, 1.54) is 0 Å². The first-order chi connectivity index (χ1) is 10.0. The lowest BCUT2D eigenvalue weighted by atomic mass is 10.0. The van der Waals surface area contributed by atoms with Crippen LogP contribution in [0.3, 0.4) is 0 Å². The summed E-state index contributed by atoms with van der Waals surface area (Å²) in [7, 11) is 1.97. The molecule has 1 unspecified atom stereocenters. The summed E-state index contributed by atoms with van der Waals surface area (Å²) in [6.07, 6.45) is 1.87. The predicted molar refractivity (Wildman–Crippen MR) is 89.1 cm³/mol. The van der Waals surface area contributed by atoms with Crippen LogP contribution in [0.2, 0.25) is 10.0 Å². The molecule has 0 aliphatic heterocycles. The van der Waals surface area contributed by atoms with E-state index in [1.807, 2.05) is 36.9 Å². The molecule has 5 heteroatoms. The summed E-state index contributed by atoms with van der Waals surface area (Å²) in [6, 6.07) is 7.90. The molecule has 2 aromatic rings. The van der Waals surface area contributed by atoms with Gasteiger partial charge in [-0.15, -0.1) is 0 Å². The highest BCUT2D eigenvalue weighted by Crippen LogP contribution is 2.26. The fourth-order valence-electron chi connectivity index (χ4n) is 2.48. The van der Waals surface area contributed by atoms with Gasteiger partial charge in [0.2, 0.25) is 0 Å². The number of hydrogen-bond donors (Lipinski definition) is 1. The van der Waals surface area contributed by atoms with Gasteiger partial charge in [-0.2, -0.15) is 5.10 Å². The minimum Gasteiger partial charge on any atom is -0.308 e. The molecular weight excluding hydrogens is 305 g/mol. The van der Waals surface area contributed by atoms with Gasteiger partial charge in [0, 0.05) is 17.1 Å². The zero-order valence-electron chi connectivity index (χ0n) is 12.7. The zero-order valence-corrected chi connectivity index (χ0v) is 14.2. The molecule has 1 aromatic heterocycles. The second-order valence-corrected chi connectivity index (χ2v) is 6.12. The normalized spacial score (nSPS) is 12.6. The maximum Gasteiger partial charge on any atom is 0.0597 e. The molecule has 0 spiro atoms. The van der Waals surface area contributed by atoms with Crippen LogP contribution in [-0.2, 0) is 13.5 Å². The van der Waals surface area contributed by atoms with E-state index in [4.69, 9.17) is 23.2 Å². The monoisotopic (exact) mass is 325 g/mol. The number of rotatable bonds is 6. The summed E-state index contributed by atoms with van der Waals surface area (Å²) in [5.74, 6) is 0. The lowest BCUT2D eigenvalue weighted by Crippen LogP contribution is -2.26. The van der Waals surface area contributed by atoms with Crippen LogP contribution in [0, 0.1) is 6.92 Å². The number of aromatic nitrogens is 2. The van der Waals surface area contributed by atoms with Crippen LogP contribution >= 0.6 is 23.2 Å². The van der Waals surface area contributed by atoms with Crippen molar-refractivity contribution in [1.29, 1.82) is 0 Å². The number of aryl methyl sites for hydroxylation is 2. The molecule has 21 heavy (non-hydrogen) atoms. The van der Waals surface area contributed by atoms with E-state index in [0.29, 0.717) is 5.02 Å². The Morgan fingerprint density at radius 1 is 1.29 bits per heavy atom. The molecule has 1 atom stereocenters. The molecule has 1 heterocycles. The fraction of sp³-hybridized carbons (Fsp3) is 0.438. The van der Waals surface area contributed by atoms with Gasteiger partial charge in [-0.05, 0) is 56.1 Å². The molecule has 114 valence electrons. The molecule has 0 fully saturated rings. The van der Waals surface area contributed by atoms with E-state index < -0.39 is 0 Å². The minimum atomic E-state index is 0.173. The Morgan fingerprint density at radius 3 is 2.67 bits per heavy atom. The van der Waals surface area contributed by atoms with Crippen LogP contribution in [0.5, 0.6) is 0 Å². The van der Waals surface area contributed by atoms with Crippen molar-refractivity contribution < 1.29 is 0 Å². The molecule has 1 N–H and O–H groups in total. The quantitative estimate of drug-likeness (QED) is 0.857. The Bertz CT molecular complexity index is 608. The van der Waals surface area contributed by atoms with Gasteiger partial charge < -0.3 is 5.32 Å². The highest BCUT2D eigenvalue weighted by atomic mass is 35.5. The predicted octanol–water partition coefficient (Wildman–Crippen LogP) is 4.32. The Hall–Kier alpha value is -1.03. The van der Waals surface area contributed by atoms with Crippen LogP contribution in [-0.4, -0.2) is 16.3 Å². The molecule has 0 bridgehead atoms. The number of hydrogen-bond acceptors (Lipinski definition) is 2. The highest BCUT2D eigenvalue weighted by molar-refractivity contribution is 6.33. The summed E-state index contributed by atoms with van der Waals surface area (Å²) in [6.45, 7) is 5.12. The van der Waals surface area contributed by atoms with E-state index in [0.717, 1.165) is 41.4 Å². The molecule has 0 radical (unpaired) electrons. The van der Waals surface area contributed by atoms with Crippen LogP contribution < -0.4 is 5.32 Å². The largest absolute Gasteiger partial charge is 0.308 e. The van der Waals surface area contributed by atoms with Crippen LogP contribution in [0.1, 0.15) is 36.3 Å². The Morgan fingerprint density at radius 2 is 2.05 bits per heavy atom. The van der Waals surface area contributed by atoms with Gasteiger partial charge in [0.25, 0.3) is 0 Å². The van der Waals surface area contributed by atoms with E-state index >= 15 is 0 Å². The number of halogens is 2. The molecule has 0 aliphatic rings. The summed E-state index contributed by atoms with van der Waals surface area (Å²) < 4.78 is 1.93. The Balaban J connectivity index is 2.28. The van der Waals surface area contributed by atoms with E-state index in [2.05, 4.69) is 23.4 Å². The van der Waals surface area contributed by atoms with Gasteiger partial charge in [0.1, 0.15) is 0 Å². The van der Waals surface area contributed by atoms with Gasteiger partial charge in [0.15, 0.2) is 0 Å². The smallest absolute Gasteiger partial charge is 0.0597 e. The molecule has 1 aromatic carbocycles. The van der Waals surface area contributed by atoms with Crippen LogP contribution in [0.4, 0.5) is 0 Å². The first-order valence-corrected chi connectivity index (χ1v) is 7.94. The third kappa shape index (κ3) is 4.22. The van der Waals surface area contributed by atoms with Gasteiger partial charge in [-0.1, -0.05) is 30.1 Å². The highest BCUT2D eigenvalue weighted by Gasteiger charge is 2.17. The molecule has 0 saturated heterocycles. The summed E-state index contributed by atoms with van der Waals surface area (Å²) >= 11 is 12.4. The van der Waals surface area contributed by atoms with Crippen molar-refractivity contribution in [2.45, 2.75) is 32.7 Å². The molecule has 2 rings (SSSR count). The lowest BCUT2D eigenvalue weighted by Gasteiger charge is -2.19. The summed E-state index contributed by atoms with van der Waals surface area (Å²) in [5.41, 5.74) is 3.24. The molecule has 0 saturated carbocycles. The third-order valence-electron chi connectivity index (χ3n) is 3.47. The summed E-state index contributed by atoms with van der Waals surface area (Å²) in [4.78, 5) is 0. The Kier molecular flexibility index (Phi) is 5.68. The topological polar surface area (TPSA) is 29.9 Å². The second kappa shape index (κ2) is 7.30. The molecule has 0 amide bonds. The van der Waals surface area contributed by atoms with Gasteiger partial charge >= 0.3 is 0 Å². The van der Waals surface area contributed by atoms with Crippen molar-refractivity contribution in [1.82, 2.24) is 15.1 Å². The average molecular weight is 326 g/mol. The van der Waals surface area contributed by atoms with Crippen LogP contribution in [0.15, 0.2) is 24.3 Å². The fourth-order valence-corrected chi connectivity index (χ4v) is 2.87. The molecule has 3 nitrogen and oxygen atoms in total. The molecular formula is C16H21Cl2N3. The van der Waals surface area contributed by atoms with Crippen molar-refractivity contribution in [2.24, 2.45) is 7.05 Å². The van der Waals surface area contributed by atoms with Crippen molar-refractivity contribution >= 4 is 23.2 Å². The maximum absolute atomic E-state index is 6.30. The van der Waals surface area contributed by atoms with Crippen molar-refractivity contribution in [3.8, 4) is 0 Å². The Labute approximate surface area is 136 Å². The minimum absolute atomic E-state index is 0.173. The van der Waals surface area contributed by atoms with Gasteiger partial charge in [0.05, 0.1) is 17.4 Å². The zero-order chi connectivity index (χ0) is 15.4. The van der Waals surface area contributed by atoms with E-state index in [-0.39, 0.29) is 6.04 Å². The number of nitrogens with zero attached hydrogens (tertiary/aromatic N) is 2. The SMILES string of the molecule is CCCNC(Cc1cc(Cl)ccc1Cl)c1cc(C)nn1C. The van der Waals surface area contributed by atoms with E-state index in [9.17, 15) is 0 Å². The first kappa shape index (κ1) is 16.3. The van der Waals surface area contributed by atoms with Gasteiger partial charge in [-0.25, -0.2) is 0 Å². The standard InChI is InChI=1S/C16H21Cl2N3/c1-4-7-19-15(16-8-11(2)20-21(16)3)10-12-9-13(17)5-6-14(12)18/h5-6,8-9,15,19H,4,7,10H2,1-3H3.